The number of hydrogen-bond acceptors (Lipinski definition) is 6. The van der Waals surface area contributed by atoms with E-state index >= 15 is 0 Å². The molecular formula is C14H17N3O3S. The monoisotopic (exact) mass is 307 g/mol. The van der Waals surface area contributed by atoms with E-state index in [0.29, 0.717) is 36.1 Å². The van der Waals surface area contributed by atoms with E-state index in [1.807, 2.05) is 13.0 Å². The molecule has 1 aromatic carbocycles. The number of nitrogens with one attached hydrogen (secondary N) is 1. The van der Waals surface area contributed by atoms with Gasteiger partial charge in [0.25, 0.3) is 5.91 Å². The number of carbonyl (C=O) groups is 1. The Labute approximate surface area is 127 Å². The van der Waals surface area contributed by atoms with Gasteiger partial charge in [-0.2, -0.15) is 0 Å². The Morgan fingerprint density at radius 1 is 1.33 bits per heavy atom. The summed E-state index contributed by atoms with van der Waals surface area (Å²) in [6, 6.07) is 7.03. The Bertz CT molecular complexity index is 601. The summed E-state index contributed by atoms with van der Waals surface area (Å²) in [7, 11) is 1.53. The van der Waals surface area contributed by atoms with Gasteiger partial charge in [0.05, 0.1) is 19.3 Å². The topological polar surface area (TPSA) is 73.3 Å². The Balaban J connectivity index is 1.99. The van der Waals surface area contributed by atoms with Crippen molar-refractivity contribution in [3.63, 3.8) is 0 Å². The number of carbonyl (C=O) groups excluding carboxylic acids is 1. The zero-order valence-corrected chi connectivity index (χ0v) is 12.8. The zero-order valence-electron chi connectivity index (χ0n) is 12.0. The minimum Gasteiger partial charge on any atom is -0.496 e. The molecule has 2 rings (SSSR count). The van der Waals surface area contributed by atoms with Crippen LogP contribution in [0.4, 0.5) is 5.13 Å². The third-order valence-corrected chi connectivity index (χ3v) is 3.60. The smallest absolute Gasteiger partial charge is 0.261 e. The maximum atomic E-state index is 12.2. The lowest BCUT2D eigenvalue weighted by Gasteiger charge is -2.06. The van der Waals surface area contributed by atoms with Crippen LogP contribution in [-0.4, -0.2) is 36.4 Å². The molecule has 1 heterocycles. The van der Waals surface area contributed by atoms with E-state index in [4.69, 9.17) is 9.47 Å². The minimum absolute atomic E-state index is 0.264. The van der Waals surface area contributed by atoms with Crippen LogP contribution >= 0.6 is 11.3 Å². The van der Waals surface area contributed by atoms with Crippen molar-refractivity contribution in [3.05, 3.63) is 34.8 Å². The van der Waals surface area contributed by atoms with Crippen LogP contribution in [0.3, 0.4) is 0 Å². The zero-order chi connectivity index (χ0) is 15.1. The second kappa shape index (κ2) is 7.70. The van der Waals surface area contributed by atoms with Gasteiger partial charge in [0, 0.05) is 13.0 Å². The number of benzene rings is 1. The van der Waals surface area contributed by atoms with Crippen molar-refractivity contribution in [2.24, 2.45) is 0 Å². The number of hydrogen-bond donors (Lipinski definition) is 1. The fraction of sp³-hybridized carbons (Fsp3) is 0.357. The molecule has 6 nitrogen and oxygen atoms in total. The third-order valence-electron chi connectivity index (χ3n) is 2.70. The van der Waals surface area contributed by atoms with Gasteiger partial charge in [-0.25, -0.2) is 0 Å². The fourth-order valence-corrected chi connectivity index (χ4v) is 2.42. The molecule has 0 spiro atoms. The normalized spacial score (nSPS) is 10.4. The molecule has 0 saturated heterocycles. The van der Waals surface area contributed by atoms with Crippen molar-refractivity contribution >= 4 is 22.4 Å². The highest BCUT2D eigenvalue weighted by Gasteiger charge is 2.14. The van der Waals surface area contributed by atoms with E-state index in [-0.39, 0.29) is 5.91 Å². The van der Waals surface area contributed by atoms with Crippen LogP contribution in [0.5, 0.6) is 5.75 Å². The molecule has 0 unspecified atom stereocenters. The first-order chi connectivity index (χ1) is 10.2. The molecule has 0 aliphatic heterocycles. The summed E-state index contributed by atoms with van der Waals surface area (Å²) in [6.07, 6.45) is 0.691. The lowest BCUT2D eigenvalue weighted by molar-refractivity contribution is 0.102. The quantitative estimate of drug-likeness (QED) is 0.795. The van der Waals surface area contributed by atoms with E-state index in [9.17, 15) is 4.79 Å². The van der Waals surface area contributed by atoms with Crippen LogP contribution in [-0.2, 0) is 11.2 Å². The molecule has 0 atom stereocenters. The summed E-state index contributed by atoms with van der Waals surface area (Å²) in [4.78, 5) is 12.2. The van der Waals surface area contributed by atoms with Crippen LogP contribution in [0, 0.1) is 0 Å². The van der Waals surface area contributed by atoms with E-state index in [1.54, 1.807) is 18.2 Å². The van der Waals surface area contributed by atoms with Crippen LogP contribution in [0.15, 0.2) is 24.3 Å². The first-order valence-electron chi connectivity index (χ1n) is 6.59. The number of aromatic nitrogens is 2. The highest BCUT2D eigenvalue weighted by Crippen LogP contribution is 2.21. The van der Waals surface area contributed by atoms with Crippen molar-refractivity contribution < 1.29 is 14.3 Å². The molecule has 1 aromatic heterocycles. The number of ether oxygens (including phenoxy) is 2. The molecule has 1 amide bonds. The van der Waals surface area contributed by atoms with Gasteiger partial charge in [0.2, 0.25) is 5.13 Å². The molecule has 1 N–H and O–H groups in total. The Morgan fingerprint density at radius 3 is 2.90 bits per heavy atom. The second-order valence-electron chi connectivity index (χ2n) is 4.10. The van der Waals surface area contributed by atoms with Crippen LogP contribution in [0.2, 0.25) is 0 Å². The molecule has 0 saturated carbocycles. The molecule has 7 heteroatoms. The number of rotatable bonds is 7. The average molecular weight is 307 g/mol. The predicted molar refractivity (Wildman–Crippen MR) is 81.1 cm³/mol. The SMILES string of the molecule is CCOCCc1nnc(NC(=O)c2ccccc2OC)s1. The average Bonchev–Trinajstić information content (AvgIpc) is 2.95. The number of para-hydroxylation sites is 1. The Morgan fingerprint density at radius 2 is 2.14 bits per heavy atom. The molecule has 0 bridgehead atoms. The van der Waals surface area contributed by atoms with Gasteiger partial charge in [-0.05, 0) is 19.1 Å². The molecule has 2 aromatic rings. The molecule has 21 heavy (non-hydrogen) atoms. The summed E-state index contributed by atoms with van der Waals surface area (Å²) in [6.45, 7) is 3.22. The highest BCUT2D eigenvalue weighted by molar-refractivity contribution is 7.15. The van der Waals surface area contributed by atoms with E-state index < -0.39 is 0 Å². The summed E-state index contributed by atoms with van der Waals surface area (Å²) < 4.78 is 10.4. The molecule has 0 radical (unpaired) electrons. The summed E-state index contributed by atoms with van der Waals surface area (Å²) in [5.74, 6) is 0.260. The largest absolute Gasteiger partial charge is 0.496 e. The van der Waals surface area contributed by atoms with Crippen molar-refractivity contribution in [2.75, 3.05) is 25.6 Å². The Hall–Kier alpha value is -1.99. The maximum absolute atomic E-state index is 12.2. The van der Waals surface area contributed by atoms with Crippen LogP contribution < -0.4 is 10.1 Å². The van der Waals surface area contributed by atoms with Gasteiger partial charge >= 0.3 is 0 Å². The van der Waals surface area contributed by atoms with E-state index in [1.165, 1.54) is 18.4 Å². The highest BCUT2D eigenvalue weighted by atomic mass is 32.1. The standard InChI is InChI=1S/C14H17N3O3S/c1-3-20-9-8-12-16-17-14(21-12)15-13(18)10-6-4-5-7-11(10)19-2/h4-7H,3,8-9H2,1-2H3,(H,15,17,18). The number of anilines is 1. The van der Waals surface area contributed by atoms with Gasteiger partial charge in [-0.15, -0.1) is 10.2 Å². The van der Waals surface area contributed by atoms with Gasteiger partial charge in [0.15, 0.2) is 0 Å². The van der Waals surface area contributed by atoms with Gasteiger partial charge < -0.3 is 9.47 Å². The van der Waals surface area contributed by atoms with Crippen molar-refractivity contribution in [2.45, 2.75) is 13.3 Å². The molecular weight excluding hydrogens is 290 g/mol. The van der Waals surface area contributed by atoms with Crippen molar-refractivity contribution in [1.29, 1.82) is 0 Å². The molecule has 112 valence electrons. The molecule has 0 aliphatic rings. The van der Waals surface area contributed by atoms with E-state index in [2.05, 4.69) is 15.5 Å². The van der Waals surface area contributed by atoms with Crippen LogP contribution in [0.25, 0.3) is 0 Å². The van der Waals surface area contributed by atoms with Crippen molar-refractivity contribution in [3.8, 4) is 5.75 Å². The number of amides is 1. The first kappa shape index (κ1) is 15.4. The summed E-state index contributed by atoms with van der Waals surface area (Å²) in [5, 5.41) is 12.0. The Kier molecular flexibility index (Phi) is 5.65. The summed E-state index contributed by atoms with van der Waals surface area (Å²) in [5.41, 5.74) is 0.464. The number of nitrogens with zero attached hydrogens (tertiary/aromatic N) is 2. The molecule has 0 fully saturated rings. The van der Waals surface area contributed by atoms with Crippen molar-refractivity contribution in [1.82, 2.24) is 10.2 Å². The predicted octanol–water partition coefficient (Wildman–Crippen LogP) is 2.38. The fourth-order valence-electron chi connectivity index (χ4n) is 1.71. The van der Waals surface area contributed by atoms with Gasteiger partial charge in [-0.1, -0.05) is 23.5 Å². The van der Waals surface area contributed by atoms with E-state index in [0.717, 1.165) is 5.01 Å². The molecule has 0 aliphatic carbocycles. The number of methoxy groups -OCH3 is 1. The van der Waals surface area contributed by atoms with Gasteiger partial charge in [0.1, 0.15) is 10.8 Å². The second-order valence-corrected chi connectivity index (χ2v) is 5.16. The van der Waals surface area contributed by atoms with Gasteiger partial charge in [-0.3, -0.25) is 10.1 Å². The summed E-state index contributed by atoms with van der Waals surface area (Å²) >= 11 is 1.34. The lowest BCUT2D eigenvalue weighted by atomic mass is 10.2. The maximum Gasteiger partial charge on any atom is 0.261 e. The minimum atomic E-state index is -0.264. The third kappa shape index (κ3) is 4.24. The lowest BCUT2D eigenvalue weighted by Crippen LogP contribution is -2.12. The first-order valence-corrected chi connectivity index (χ1v) is 7.40. The van der Waals surface area contributed by atoms with Crippen LogP contribution in [0.1, 0.15) is 22.3 Å².